The minimum absolute atomic E-state index is 0.562. The van der Waals surface area contributed by atoms with Crippen LogP contribution in [0.1, 0.15) is 11.1 Å². The van der Waals surface area contributed by atoms with Crippen molar-refractivity contribution in [3.8, 4) is 5.75 Å². The van der Waals surface area contributed by atoms with Crippen molar-refractivity contribution in [2.75, 3.05) is 6.61 Å². The molecule has 0 aromatic heterocycles. The van der Waals surface area contributed by atoms with E-state index in [1.165, 1.54) is 11.1 Å². The predicted molar refractivity (Wildman–Crippen MR) is 92.6 cm³/mol. The molecule has 0 unspecified atom stereocenters. The molecule has 2 aromatic carbocycles. The number of rotatable bonds is 4. The SMILES string of the molecule is Cc1cc(Br)c(OC/C=C/c2ccccc2)c(I)c1. The second kappa shape index (κ2) is 7.10. The van der Waals surface area contributed by atoms with E-state index >= 15 is 0 Å². The highest BCUT2D eigenvalue weighted by molar-refractivity contribution is 14.1. The van der Waals surface area contributed by atoms with Gasteiger partial charge in [-0.25, -0.2) is 0 Å². The summed E-state index contributed by atoms with van der Waals surface area (Å²) in [6.45, 7) is 2.64. The summed E-state index contributed by atoms with van der Waals surface area (Å²) in [5.74, 6) is 0.906. The lowest BCUT2D eigenvalue weighted by Crippen LogP contribution is -1.97. The Morgan fingerprint density at radius 1 is 1.21 bits per heavy atom. The van der Waals surface area contributed by atoms with Crippen LogP contribution in [0.15, 0.2) is 53.0 Å². The summed E-state index contributed by atoms with van der Waals surface area (Å²) in [4.78, 5) is 0. The Balaban J connectivity index is 1.98. The van der Waals surface area contributed by atoms with Crippen molar-refractivity contribution in [1.82, 2.24) is 0 Å². The minimum atomic E-state index is 0.562. The van der Waals surface area contributed by atoms with E-state index in [-0.39, 0.29) is 0 Å². The molecule has 0 aliphatic heterocycles. The van der Waals surface area contributed by atoms with Gasteiger partial charge in [0.25, 0.3) is 0 Å². The van der Waals surface area contributed by atoms with Crippen LogP contribution in [0.4, 0.5) is 0 Å². The van der Waals surface area contributed by atoms with Crippen LogP contribution in [0.5, 0.6) is 5.75 Å². The molecule has 0 bridgehead atoms. The van der Waals surface area contributed by atoms with E-state index in [1.54, 1.807) is 0 Å². The van der Waals surface area contributed by atoms with Gasteiger partial charge in [0.15, 0.2) is 0 Å². The molecule has 0 spiro atoms. The summed E-state index contributed by atoms with van der Waals surface area (Å²) < 4.78 is 7.93. The molecule has 0 atom stereocenters. The molecule has 0 N–H and O–H groups in total. The summed E-state index contributed by atoms with van der Waals surface area (Å²) in [6, 6.07) is 14.4. The molecule has 0 amide bonds. The average molecular weight is 429 g/mol. The van der Waals surface area contributed by atoms with Gasteiger partial charge in [-0.15, -0.1) is 0 Å². The second-order valence-corrected chi connectivity index (χ2v) is 6.20. The van der Waals surface area contributed by atoms with Crippen molar-refractivity contribution >= 4 is 44.6 Å². The molecular weight excluding hydrogens is 415 g/mol. The van der Waals surface area contributed by atoms with E-state index < -0.39 is 0 Å². The summed E-state index contributed by atoms with van der Waals surface area (Å²) in [7, 11) is 0. The van der Waals surface area contributed by atoms with Crippen LogP contribution in [-0.2, 0) is 0 Å². The first-order valence-corrected chi connectivity index (χ1v) is 7.84. The van der Waals surface area contributed by atoms with E-state index in [2.05, 4.69) is 75.8 Å². The number of aryl methyl sites for hydroxylation is 1. The Hall–Kier alpha value is -0.810. The maximum atomic E-state index is 5.80. The molecule has 0 aliphatic carbocycles. The van der Waals surface area contributed by atoms with Crippen molar-refractivity contribution in [2.45, 2.75) is 6.92 Å². The van der Waals surface area contributed by atoms with Crippen molar-refractivity contribution < 1.29 is 4.74 Å². The van der Waals surface area contributed by atoms with E-state index in [1.807, 2.05) is 24.3 Å². The van der Waals surface area contributed by atoms with Crippen LogP contribution < -0.4 is 4.74 Å². The molecule has 3 heteroatoms. The highest BCUT2D eigenvalue weighted by Crippen LogP contribution is 2.31. The molecule has 19 heavy (non-hydrogen) atoms. The van der Waals surface area contributed by atoms with Crippen molar-refractivity contribution in [3.05, 3.63) is 67.7 Å². The number of benzene rings is 2. The van der Waals surface area contributed by atoms with Gasteiger partial charge in [-0.3, -0.25) is 0 Å². The number of hydrogen-bond donors (Lipinski definition) is 0. The molecule has 0 aliphatic rings. The first-order valence-electron chi connectivity index (χ1n) is 5.97. The van der Waals surface area contributed by atoms with Crippen LogP contribution in [0.2, 0.25) is 0 Å². The molecule has 2 rings (SSSR count). The van der Waals surface area contributed by atoms with Crippen LogP contribution in [0.3, 0.4) is 0 Å². The van der Waals surface area contributed by atoms with Gasteiger partial charge in [-0.1, -0.05) is 36.4 Å². The highest BCUT2D eigenvalue weighted by atomic mass is 127. The summed E-state index contributed by atoms with van der Waals surface area (Å²) in [5.41, 5.74) is 2.41. The second-order valence-electron chi connectivity index (χ2n) is 4.18. The van der Waals surface area contributed by atoms with Gasteiger partial charge >= 0.3 is 0 Å². The van der Waals surface area contributed by atoms with Crippen LogP contribution >= 0.6 is 38.5 Å². The molecule has 0 heterocycles. The molecule has 98 valence electrons. The first kappa shape index (κ1) is 14.6. The smallest absolute Gasteiger partial charge is 0.147 e. The zero-order valence-corrected chi connectivity index (χ0v) is 14.3. The van der Waals surface area contributed by atoms with Gasteiger partial charge < -0.3 is 4.74 Å². The fourth-order valence-electron chi connectivity index (χ4n) is 1.70. The Morgan fingerprint density at radius 3 is 2.63 bits per heavy atom. The number of ether oxygens (including phenoxy) is 1. The molecule has 2 aromatic rings. The Kier molecular flexibility index (Phi) is 5.45. The highest BCUT2D eigenvalue weighted by Gasteiger charge is 2.06. The zero-order valence-electron chi connectivity index (χ0n) is 10.6. The van der Waals surface area contributed by atoms with Gasteiger partial charge in [0.2, 0.25) is 0 Å². The third-order valence-corrected chi connectivity index (χ3v) is 3.97. The minimum Gasteiger partial charge on any atom is -0.487 e. The topological polar surface area (TPSA) is 9.23 Å². The van der Waals surface area contributed by atoms with Crippen molar-refractivity contribution in [2.24, 2.45) is 0 Å². The first-order chi connectivity index (χ1) is 9.16. The molecule has 0 radical (unpaired) electrons. The Bertz CT molecular complexity index is 556. The largest absolute Gasteiger partial charge is 0.487 e. The van der Waals surface area contributed by atoms with Crippen molar-refractivity contribution in [1.29, 1.82) is 0 Å². The van der Waals surface area contributed by atoms with Crippen LogP contribution in [0, 0.1) is 10.5 Å². The third-order valence-electron chi connectivity index (χ3n) is 2.58. The van der Waals surface area contributed by atoms with E-state index in [9.17, 15) is 0 Å². The van der Waals surface area contributed by atoms with E-state index in [4.69, 9.17) is 4.74 Å². The maximum Gasteiger partial charge on any atom is 0.147 e. The van der Waals surface area contributed by atoms with E-state index in [0.717, 1.165) is 13.8 Å². The molecular formula is C16H14BrIO. The lowest BCUT2D eigenvalue weighted by atomic mass is 10.2. The average Bonchev–Trinajstić information content (AvgIpc) is 2.38. The molecule has 0 fully saturated rings. The summed E-state index contributed by atoms with van der Waals surface area (Å²) in [6.07, 6.45) is 4.09. The van der Waals surface area contributed by atoms with Gasteiger partial charge in [-0.2, -0.15) is 0 Å². The third kappa shape index (κ3) is 4.35. The van der Waals surface area contributed by atoms with Crippen LogP contribution in [-0.4, -0.2) is 6.61 Å². The zero-order chi connectivity index (χ0) is 13.7. The number of hydrogen-bond acceptors (Lipinski definition) is 1. The summed E-state index contributed by atoms with van der Waals surface area (Å²) >= 11 is 5.84. The van der Waals surface area contributed by atoms with Crippen molar-refractivity contribution in [3.63, 3.8) is 0 Å². The number of halogens is 2. The van der Waals surface area contributed by atoms with Crippen LogP contribution in [0.25, 0.3) is 6.08 Å². The molecule has 0 saturated heterocycles. The lowest BCUT2D eigenvalue weighted by Gasteiger charge is -2.09. The Labute approximate surface area is 136 Å². The normalized spacial score (nSPS) is 10.9. The fourth-order valence-corrected chi connectivity index (χ4v) is 3.70. The van der Waals surface area contributed by atoms with E-state index in [0.29, 0.717) is 6.61 Å². The van der Waals surface area contributed by atoms with Gasteiger partial charge in [0.05, 0.1) is 8.04 Å². The summed E-state index contributed by atoms with van der Waals surface area (Å²) in [5, 5.41) is 0. The Morgan fingerprint density at radius 2 is 1.95 bits per heavy atom. The predicted octanol–water partition coefficient (Wildman–Crippen LogP) is 5.45. The quantitative estimate of drug-likeness (QED) is 0.588. The monoisotopic (exact) mass is 428 g/mol. The van der Waals surface area contributed by atoms with Gasteiger partial charge in [0.1, 0.15) is 12.4 Å². The van der Waals surface area contributed by atoms with Gasteiger partial charge in [0, 0.05) is 0 Å². The standard InChI is InChI=1S/C16H14BrIO/c1-12-10-14(17)16(15(18)11-12)19-9-5-8-13-6-3-2-4-7-13/h2-8,10-11H,9H2,1H3/b8-5+. The lowest BCUT2D eigenvalue weighted by molar-refractivity contribution is 0.358. The molecule has 1 nitrogen and oxygen atoms in total. The van der Waals surface area contributed by atoms with Gasteiger partial charge in [-0.05, 0) is 74.8 Å². The fraction of sp³-hybridized carbons (Fsp3) is 0.125. The maximum absolute atomic E-state index is 5.80. The molecule has 0 saturated carbocycles.